The summed E-state index contributed by atoms with van der Waals surface area (Å²) in [6.45, 7) is 1.36. The lowest BCUT2D eigenvalue weighted by Crippen LogP contribution is -2.51. The summed E-state index contributed by atoms with van der Waals surface area (Å²) in [6, 6.07) is 6.91. The lowest BCUT2D eigenvalue weighted by Gasteiger charge is -2.57. The van der Waals surface area contributed by atoms with Gasteiger partial charge in [0.15, 0.2) is 0 Å². The maximum absolute atomic E-state index is 13.3. The molecule has 0 N–H and O–H groups in total. The molecular formula is C23H32N2O3S. The molecule has 5 nitrogen and oxygen atoms in total. The van der Waals surface area contributed by atoms with Crippen molar-refractivity contribution in [1.82, 2.24) is 4.31 Å². The summed E-state index contributed by atoms with van der Waals surface area (Å²) >= 11 is 0. The Morgan fingerprint density at radius 2 is 1.59 bits per heavy atom. The van der Waals surface area contributed by atoms with E-state index in [-0.39, 0.29) is 11.3 Å². The molecule has 6 heteroatoms. The van der Waals surface area contributed by atoms with Gasteiger partial charge in [-0.3, -0.25) is 4.79 Å². The third-order valence-corrected chi connectivity index (χ3v) is 9.72. The molecule has 6 rings (SSSR count). The highest BCUT2D eigenvalue weighted by atomic mass is 32.2. The second-order valence-electron chi connectivity index (χ2n) is 10.2. The van der Waals surface area contributed by atoms with E-state index in [1.54, 1.807) is 40.5 Å². The van der Waals surface area contributed by atoms with Crippen LogP contribution >= 0.6 is 0 Å². The molecule has 0 radical (unpaired) electrons. The summed E-state index contributed by atoms with van der Waals surface area (Å²) in [4.78, 5) is 14.2. The van der Waals surface area contributed by atoms with E-state index >= 15 is 0 Å². The molecule has 1 saturated heterocycles. The molecule has 5 aliphatic rings. The van der Waals surface area contributed by atoms with E-state index in [4.69, 9.17) is 0 Å². The minimum absolute atomic E-state index is 0.130. The fourth-order valence-electron chi connectivity index (χ4n) is 7.10. The van der Waals surface area contributed by atoms with Crippen molar-refractivity contribution in [3.63, 3.8) is 0 Å². The van der Waals surface area contributed by atoms with E-state index in [0.717, 1.165) is 42.8 Å². The van der Waals surface area contributed by atoms with E-state index < -0.39 is 10.0 Å². The van der Waals surface area contributed by atoms with Gasteiger partial charge >= 0.3 is 0 Å². The maximum Gasteiger partial charge on any atom is 0.242 e. The number of amides is 1. The van der Waals surface area contributed by atoms with Crippen LogP contribution in [-0.4, -0.2) is 38.8 Å². The Labute approximate surface area is 174 Å². The Morgan fingerprint density at radius 3 is 2.14 bits per heavy atom. The lowest BCUT2D eigenvalue weighted by molar-refractivity contribution is -0.119. The van der Waals surface area contributed by atoms with Gasteiger partial charge < -0.3 is 4.90 Å². The predicted molar refractivity (Wildman–Crippen MR) is 113 cm³/mol. The van der Waals surface area contributed by atoms with Gasteiger partial charge in [-0.05, 0) is 98.8 Å². The van der Waals surface area contributed by atoms with Gasteiger partial charge in [-0.1, -0.05) is 0 Å². The average molecular weight is 417 g/mol. The Balaban J connectivity index is 1.32. The molecule has 0 aromatic heterocycles. The Hall–Kier alpha value is -1.40. The van der Waals surface area contributed by atoms with Crippen molar-refractivity contribution in [3.8, 4) is 0 Å². The van der Waals surface area contributed by atoms with E-state index in [1.807, 2.05) is 0 Å². The average Bonchev–Trinajstić information content (AvgIpc) is 2.67. The van der Waals surface area contributed by atoms with E-state index in [9.17, 15) is 13.2 Å². The zero-order chi connectivity index (χ0) is 20.2. The third-order valence-electron chi connectivity index (χ3n) is 7.90. The van der Waals surface area contributed by atoms with Crippen LogP contribution < -0.4 is 4.90 Å². The SMILES string of the molecule is CN(CC12CC3CC(CC(C3)C1)C2)S(=O)(=O)c1ccc(N2CCCCC2=O)cc1. The molecule has 158 valence electrons. The number of carbonyl (C=O) groups is 1. The Morgan fingerprint density at radius 1 is 1.00 bits per heavy atom. The zero-order valence-electron chi connectivity index (χ0n) is 17.3. The van der Waals surface area contributed by atoms with Gasteiger partial charge in [0, 0.05) is 32.2 Å². The zero-order valence-corrected chi connectivity index (χ0v) is 18.2. The maximum atomic E-state index is 13.3. The molecule has 29 heavy (non-hydrogen) atoms. The van der Waals surface area contributed by atoms with Gasteiger partial charge in [0.25, 0.3) is 0 Å². The van der Waals surface area contributed by atoms with Crippen molar-refractivity contribution in [2.45, 2.75) is 62.7 Å². The van der Waals surface area contributed by atoms with Crippen molar-refractivity contribution < 1.29 is 13.2 Å². The molecule has 1 amide bonds. The molecule has 1 aromatic carbocycles. The van der Waals surface area contributed by atoms with Crippen LogP contribution in [0.5, 0.6) is 0 Å². The number of hydrogen-bond acceptors (Lipinski definition) is 3. The Bertz CT molecular complexity index is 858. The smallest absolute Gasteiger partial charge is 0.242 e. The number of hydrogen-bond donors (Lipinski definition) is 0. The van der Waals surface area contributed by atoms with Crippen molar-refractivity contribution >= 4 is 21.6 Å². The summed E-state index contributed by atoms with van der Waals surface area (Å²) in [5, 5.41) is 0. The van der Waals surface area contributed by atoms with Crippen LogP contribution in [0.1, 0.15) is 57.8 Å². The van der Waals surface area contributed by atoms with Crippen LogP contribution in [0.2, 0.25) is 0 Å². The monoisotopic (exact) mass is 416 g/mol. The van der Waals surface area contributed by atoms with E-state index in [0.29, 0.717) is 17.9 Å². The molecule has 1 aromatic rings. The minimum Gasteiger partial charge on any atom is -0.312 e. The van der Waals surface area contributed by atoms with Crippen molar-refractivity contribution in [2.75, 3.05) is 25.0 Å². The largest absolute Gasteiger partial charge is 0.312 e. The first kappa shape index (κ1) is 19.6. The summed E-state index contributed by atoms with van der Waals surface area (Å²) in [5.41, 5.74) is 0.994. The molecule has 0 unspecified atom stereocenters. The molecule has 0 spiro atoms. The molecule has 5 fully saturated rings. The number of anilines is 1. The summed E-state index contributed by atoms with van der Waals surface area (Å²) < 4.78 is 28.1. The highest BCUT2D eigenvalue weighted by molar-refractivity contribution is 7.89. The molecule has 4 saturated carbocycles. The lowest BCUT2D eigenvalue weighted by atomic mass is 9.49. The van der Waals surface area contributed by atoms with Crippen LogP contribution in [0, 0.1) is 23.2 Å². The van der Waals surface area contributed by atoms with Crippen molar-refractivity contribution in [1.29, 1.82) is 0 Å². The normalized spacial score (nSPS) is 34.2. The highest BCUT2D eigenvalue weighted by Gasteiger charge is 2.51. The van der Waals surface area contributed by atoms with Crippen LogP contribution in [0.15, 0.2) is 29.2 Å². The van der Waals surface area contributed by atoms with Crippen molar-refractivity contribution in [2.24, 2.45) is 23.2 Å². The topological polar surface area (TPSA) is 57.7 Å². The highest BCUT2D eigenvalue weighted by Crippen LogP contribution is 2.60. The summed E-state index contributed by atoms with van der Waals surface area (Å²) in [7, 11) is -1.77. The first-order valence-electron chi connectivity index (χ1n) is 11.2. The fraction of sp³-hybridized carbons (Fsp3) is 0.696. The molecular weight excluding hydrogens is 384 g/mol. The van der Waals surface area contributed by atoms with Crippen molar-refractivity contribution in [3.05, 3.63) is 24.3 Å². The number of piperidine rings is 1. The summed E-state index contributed by atoms with van der Waals surface area (Å²) in [6.07, 6.45) is 10.2. The quantitative estimate of drug-likeness (QED) is 0.728. The number of carbonyl (C=O) groups excluding carboxylic acids is 1. The Kier molecular flexibility index (Phi) is 4.78. The number of sulfonamides is 1. The van der Waals surface area contributed by atoms with Gasteiger partial charge in [0.2, 0.25) is 15.9 Å². The van der Waals surface area contributed by atoms with Crippen LogP contribution in [0.3, 0.4) is 0 Å². The van der Waals surface area contributed by atoms with Gasteiger partial charge in [0.1, 0.15) is 0 Å². The number of rotatable bonds is 5. The van der Waals surface area contributed by atoms with Crippen LogP contribution in [0.25, 0.3) is 0 Å². The first-order valence-corrected chi connectivity index (χ1v) is 12.7. The number of nitrogens with zero attached hydrogens (tertiary/aromatic N) is 2. The fourth-order valence-corrected chi connectivity index (χ4v) is 8.38. The first-order chi connectivity index (χ1) is 13.8. The van der Waals surface area contributed by atoms with Gasteiger partial charge in [-0.15, -0.1) is 0 Å². The minimum atomic E-state index is -3.51. The standard InChI is InChI=1S/C23H32N2O3S/c1-24(16-23-13-17-10-18(14-23)12-19(11-17)15-23)29(27,28)21-7-5-20(6-8-21)25-9-3-2-4-22(25)26/h5-8,17-19H,2-4,9-16H2,1H3. The van der Waals surface area contributed by atoms with Crippen LogP contribution in [0.4, 0.5) is 5.69 Å². The number of benzene rings is 1. The molecule has 0 atom stereocenters. The second kappa shape index (κ2) is 7.09. The predicted octanol–water partition coefficient (Wildman–Crippen LogP) is 4.04. The summed E-state index contributed by atoms with van der Waals surface area (Å²) in [5.74, 6) is 2.59. The van der Waals surface area contributed by atoms with Gasteiger partial charge in [0.05, 0.1) is 4.90 Å². The molecule has 1 aliphatic heterocycles. The third kappa shape index (κ3) is 3.52. The second-order valence-corrected chi connectivity index (χ2v) is 12.2. The molecule has 4 aliphatic carbocycles. The van der Waals surface area contributed by atoms with E-state index in [2.05, 4.69) is 0 Å². The molecule has 4 bridgehead atoms. The van der Waals surface area contributed by atoms with E-state index in [1.165, 1.54) is 38.5 Å². The van der Waals surface area contributed by atoms with Gasteiger partial charge in [-0.25, -0.2) is 12.7 Å². The van der Waals surface area contributed by atoms with Gasteiger partial charge in [-0.2, -0.15) is 0 Å². The molecule has 1 heterocycles. The van der Waals surface area contributed by atoms with Crippen LogP contribution in [-0.2, 0) is 14.8 Å².